The monoisotopic (exact) mass is 442 g/mol. The van der Waals surface area contributed by atoms with E-state index in [-0.39, 0.29) is 41.1 Å². The summed E-state index contributed by atoms with van der Waals surface area (Å²) in [5, 5.41) is 10.3. The number of sulfonamides is 1. The molecule has 28 heavy (non-hydrogen) atoms. The first-order chi connectivity index (χ1) is 13.3. The van der Waals surface area contributed by atoms with Gasteiger partial charge in [0, 0.05) is 32.6 Å². The van der Waals surface area contributed by atoms with Crippen LogP contribution in [0.25, 0.3) is 0 Å². The number of piperazine rings is 1. The Bertz CT molecular complexity index is 974. The Kier molecular flexibility index (Phi) is 6.50. The van der Waals surface area contributed by atoms with E-state index in [9.17, 15) is 18.3 Å². The summed E-state index contributed by atoms with van der Waals surface area (Å²) in [6.07, 6.45) is 0.699. The number of phenolic OH excluding ortho intramolecular Hbond substituents is 1. The summed E-state index contributed by atoms with van der Waals surface area (Å²) in [7, 11) is -3.69. The normalized spacial score (nSPS) is 15.6. The molecule has 9 heteroatoms. The first-order valence-electron chi connectivity index (χ1n) is 8.79. The topological polar surface area (TPSA) is 77.9 Å². The van der Waals surface area contributed by atoms with Crippen LogP contribution in [0.3, 0.4) is 0 Å². The first-order valence-corrected chi connectivity index (χ1v) is 11.0. The van der Waals surface area contributed by atoms with Crippen LogP contribution in [0.1, 0.15) is 12.0 Å². The van der Waals surface area contributed by atoms with Crippen molar-refractivity contribution in [2.24, 2.45) is 0 Å². The molecular formula is C19H20Cl2N2O4S. The number of halogens is 2. The van der Waals surface area contributed by atoms with Crippen LogP contribution in [0.15, 0.2) is 47.4 Å². The molecule has 6 nitrogen and oxygen atoms in total. The lowest BCUT2D eigenvalue weighted by Gasteiger charge is -2.34. The molecule has 0 spiro atoms. The molecule has 0 bridgehead atoms. The average molecular weight is 443 g/mol. The maximum atomic E-state index is 12.8. The molecule has 1 heterocycles. The van der Waals surface area contributed by atoms with Crippen molar-refractivity contribution in [3.63, 3.8) is 0 Å². The molecule has 1 amide bonds. The second kappa shape index (κ2) is 8.69. The number of carbonyl (C=O) groups excluding carboxylic acids is 1. The Labute approximate surface area is 174 Å². The standard InChI is InChI=1S/C19H20Cl2N2O4S/c20-16-7-6-15(13-17(16)21)28(26,27)23-11-9-22(10-12-23)19(25)8-5-14-3-1-2-4-18(14)24/h1-4,6-7,13,24H,5,8-12H2. The second-order valence-corrected chi connectivity index (χ2v) is 9.24. The van der Waals surface area contributed by atoms with Gasteiger partial charge in [-0.05, 0) is 36.2 Å². The van der Waals surface area contributed by atoms with Gasteiger partial charge < -0.3 is 10.0 Å². The molecule has 1 aliphatic rings. The highest BCUT2D eigenvalue weighted by atomic mass is 35.5. The smallest absolute Gasteiger partial charge is 0.243 e. The Morgan fingerprint density at radius 3 is 2.32 bits per heavy atom. The minimum atomic E-state index is -3.69. The second-order valence-electron chi connectivity index (χ2n) is 6.49. The van der Waals surface area contributed by atoms with E-state index in [0.717, 1.165) is 5.56 Å². The zero-order chi connectivity index (χ0) is 20.3. The summed E-state index contributed by atoms with van der Waals surface area (Å²) in [5.41, 5.74) is 0.719. The summed E-state index contributed by atoms with van der Waals surface area (Å²) in [6.45, 7) is 1.07. The highest BCUT2D eigenvalue weighted by molar-refractivity contribution is 7.89. The van der Waals surface area contributed by atoms with Gasteiger partial charge in [0.05, 0.1) is 14.9 Å². The number of hydrogen-bond acceptors (Lipinski definition) is 4. The molecule has 0 radical (unpaired) electrons. The first kappa shape index (κ1) is 20.9. The van der Waals surface area contributed by atoms with Crippen LogP contribution in [0.5, 0.6) is 5.75 Å². The molecule has 3 rings (SSSR count). The van der Waals surface area contributed by atoms with Crippen molar-refractivity contribution in [2.75, 3.05) is 26.2 Å². The minimum absolute atomic E-state index is 0.0603. The van der Waals surface area contributed by atoms with E-state index in [1.807, 2.05) is 6.07 Å². The van der Waals surface area contributed by atoms with Crippen molar-refractivity contribution in [1.82, 2.24) is 9.21 Å². The van der Waals surface area contributed by atoms with Gasteiger partial charge in [-0.1, -0.05) is 41.4 Å². The van der Waals surface area contributed by atoms with E-state index in [2.05, 4.69) is 0 Å². The van der Waals surface area contributed by atoms with Crippen LogP contribution >= 0.6 is 23.2 Å². The summed E-state index contributed by atoms with van der Waals surface area (Å²) in [4.78, 5) is 14.2. The molecule has 1 saturated heterocycles. The van der Waals surface area contributed by atoms with Crippen molar-refractivity contribution < 1.29 is 18.3 Å². The lowest BCUT2D eigenvalue weighted by Crippen LogP contribution is -2.50. The van der Waals surface area contributed by atoms with Crippen LogP contribution in [0, 0.1) is 0 Å². The molecule has 0 aliphatic carbocycles. The SMILES string of the molecule is O=C(CCc1ccccc1O)N1CCN(S(=O)(=O)c2ccc(Cl)c(Cl)c2)CC1. The quantitative estimate of drug-likeness (QED) is 0.770. The van der Waals surface area contributed by atoms with Crippen molar-refractivity contribution in [3.05, 3.63) is 58.1 Å². The molecule has 0 unspecified atom stereocenters. The molecule has 0 atom stereocenters. The van der Waals surface area contributed by atoms with Gasteiger partial charge in [0.1, 0.15) is 5.75 Å². The van der Waals surface area contributed by atoms with Gasteiger partial charge in [0.25, 0.3) is 0 Å². The van der Waals surface area contributed by atoms with Gasteiger partial charge >= 0.3 is 0 Å². The predicted molar refractivity (Wildman–Crippen MR) is 108 cm³/mol. The van der Waals surface area contributed by atoms with E-state index in [1.165, 1.54) is 22.5 Å². The average Bonchev–Trinajstić information content (AvgIpc) is 2.69. The van der Waals surface area contributed by atoms with Crippen LogP contribution in [-0.2, 0) is 21.2 Å². The van der Waals surface area contributed by atoms with E-state index in [4.69, 9.17) is 23.2 Å². The highest BCUT2D eigenvalue weighted by Crippen LogP contribution is 2.27. The van der Waals surface area contributed by atoms with Gasteiger partial charge in [0.2, 0.25) is 15.9 Å². The summed E-state index contributed by atoms with van der Waals surface area (Å²) >= 11 is 11.8. The predicted octanol–water partition coefficient (Wildman–Crippen LogP) is 3.16. The fourth-order valence-corrected chi connectivity index (χ4v) is 4.90. The molecule has 1 N–H and O–H groups in total. The number of nitrogens with zero attached hydrogens (tertiary/aromatic N) is 2. The highest BCUT2D eigenvalue weighted by Gasteiger charge is 2.30. The van der Waals surface area contributed by atoms with Crippen LogP contribution < -0.4 is 0 Å². The van der Waals surface area contributed by atoms with Crippen molar-refractivity contribution in [2.45, 2.75) is 17.7 Å². The molecule has 1 aliphatic heterocycles. The van der Waals surface area contributed by atoms with Crippen LogP contribution in [-0.4, -0.2) is 54.8 Å². The lowest BCUT2D eigenvalue weighted by molar-refractivity contribution is -0.132. The molecule has 1 fully saturated rings. The lowest BCUT2D eigenvalue weighted by atomic mass is 10.1. The third-order valence-corrected chi connectivity index (χ3v) is 7.35. The fourth-order valence-electron chi connectivity index (χ4n) is 3.09. The van der Waals surface area contributed by atoms with Gasteiger partial charge in [-0.15, -0.1) is 0 Å². The van der Waals surface area contributed by atoms with E-state index < -0.39 is 10.0 Å². The zero-order valence-corrected chi connectivity index (χ0v) is 17.3. The van der Waals surface area contributed by atoms with Gasteiger partial charge in [-0.2, -0.15) is 4.31 Å². The van der Waals surface area contributed by atoms with Crippen LogP contribution in [0.4, 0.5) is 0 Å². The summed E-state index contributed by atoms with van der Waals surface area (Å²) < 4.78 is 26.9. The van der Waals surface area contributed by atoms with Gasteiger partial charge in [-0.25, -0.2) is 8.42 Å². The molecular weight excluding hydrogens is 423 g/mol. The Balaban J connectivity index is 1.58. The van der Waals surface area contributed by atoms with Gasteiger partial charge in [-0.3, -0.25) is 4.79 Å². The molecule has 0 aromatic heterocycles. The third-order valence-electron chi connectivity index (χ3n) is 4.72. The number of para-hydroxylation sites is 1. The number of carbonyl (C=O) groups is 1. The van der Waals surface area contributed by atoms with E-state index in [0.29, 0.717) is 24.5 Å². The Morgan fingerprint density at radius 2 is 1.68 bits per heavy atom. The number of phenols is 1. The molecule has 2 aromatic rings. The number of benzene rings is 2. The number of aryl methyl sites for hydroxylation is 1. The summed E-state index contributed by atoms with van der Waals surface area (Å²) in [6, 6.07) is 11.1. The maximum Gasteiger partial charge on any atom is 0.243 e. The minimum Gasteiger partial charge on any atom is -0.508 e. The third kappa shape index (κ3) is 4.60. The molecule has 150 valence electrons. The number of aromatic hydroxyl groups is 1. The largest absolute Gasteiger partial charge is 0.508 e. The Hall–Kier alpha value is -1.80. The number of rotatable bonds is 5. The van der Waals surface area contributed by atoms with Gasteiger partial charge in [0.15, 0.2) is 0 Å². The van der Waals surface area contributed by atoms with Crippen LogP contribution in [0.2, 0.25) is 10.0 Å². The summed E-state index contributed by atoms with van der Waals surface area (Å²) in [5.74, 6) is 0.114. The molecule has 2 aromatic carbocycles. The van der Waals surface area contributed by atoms with Crippen molar-refractivity contribution >= 4 is 39.1 Å². The zero-order valence-electron chi connectivity index (χ0n) is 15.0. The van der Waals surface area contributed by atoms with E-state index in [1.54, 1.807) is 23.1 Å². The van der Waals surface area contributed by atoms with Crippen molar-refractivity contribution in [1.29, 1.82) is 0 Å². The molecule has 0 saturated carbocycles. The van der Waals surface area contributed by atoms with E-state index >= 15 is 0 Å². The Morgan fingerprint density at radius 1 is 1.00 bits per heavy atom. The fraction of sp³-hybridized carbons (Fsp3) is 0.316. The number of amides is 1. The van der Waals surface area contributed by atoms with Crippen molar-refractivity contribution in [3.8, 4) is 5.75 Å². The maximum absolute atomic E-state index is 12.8. The number of hydrogen-bond donors (Lipinski definition) is 1.